The van der Waals surface area contributed by atoms with Gasteiger partial charge in [-0.15, -0.1) is 0 Å². The molecule has 3 atom stereocenters. The van der Waals surface area contributed by atoms with E-state index in [2.05, 4.69) is 15.6 Å². The summed E-state index contributed by atoms with van der Waals surface area (Å²) in [6.45, 7) is 1.77. The summed E-state index contributed by atoms with van der Waals surface area (Å²) in [6.07, 6.45) is 5.80. The quantitative estimate of drug-likeness (QED) is 0.406. The molecule has 1 aliphatic rings. The number of nitrogens with zero attached hydrogens (tertiary/aromatic N) is 1. The summed E-state index contributed by atoms with van der Waals surface area (Å²) in [5.41, 5.74) is 0.941. The molecular formula is C27H37N3O6S. The van der Waals surface area contributed by atoms with E-state index in [0.717, 1.165) is 37.5 Å². The van der Waals surface area contributed by atoms with Crippen molar-refractivity contribution >= 4 is 21.7 Å². The van der Waals surface area contributed by atoms with Gasteiger partial charge in [0.2, 0.25) is 11.8 Å². The third kappa shape index (κ3) is 8.53. The standard InChI is InChI=1S/C27H37N3O6S/c1-18(26(32)28-21-12-8-5-9-13-21)14-23(31)22(15-19-10-6-4-7-11-19)29-27(33)20-16-24(36-2)30-25(17-20)37(3,34)35/h4,6-7,10-11,16-18,21-23,31H,5,8-9,12-15H2,1-3H3,(H,28,32)(H,29,33)/t18-,22+,23+/m1/s1. The van der Waals surface area contributed by atoms with Crippen molar-refractivity contribution in [3.05, 3.63) is 53.6 Å². The second kappa shape index (κ2) is 13.0. The van der Waals surface area contributed by atoms with Crippen molar-refractivity contribution in [1.29, 1.82) is 0 Å². The number of pyridine rings is 1. The Balaban J connectivity index is 1.76. The van der Waals surface area contributed by atoms with Crippen molar-refractivity contribution in [3.8, 4) is 5.88 Å². The molecule has 0 saturated heterocycles. The Hall–Kier alpha value is -2.98. The Morgan fingerprint density at radius 1 is 1.14 bits per heavy atom. The van der Waals surface area contributed by atoms with E-state index in [1.165, 1.54) is 25.7 Å². The molecule has 0 spiro atoms. The van der Waals surface area contributed by atoms with E-state index in [1.807, 2.05) is 30.3 Å². The largest absolute Gasteiger partial charge is 0.481 e. The predicted octanol–water partition coefficient (Wildman–Crippen LogP) is 2.67. The third-order valence-electron chi connectivity index (χ3n) is 6.70. The highest BCUT2D eigenvalue weighted by Crippen LogP contribution is 2.20. The number of methoxy groups -OCH3 is 1. The highest BCUT2D eigenvalue weighted by atomic mass is 32.2. The number of aromatic nitrogens is 1. The number of carbonyl (C=O) groups is 2. The zero-order valence-corrected chi connectivity index (χ0v) is 22.5. The molecule has 0 radical (unpaired) electrons. The minimum Gasteiger partial charge on any atom is -0.481 e. The Morgan fingerprint density at radius 2 is 1.81 bits per heavy atom. The summed E-state index contributed by atoms with van der Waals surface area (Å²) in [5, 5.41) is 16.8. The van der Waals surface area contributed by atoms with E-state index in [1.54, 1.807) is 6.92 Å². The molecule has 1 aromatic carbocycles. The van der Waals surface area contributed by atoms with Gasteiger partial charge in [-0.3, -0.25) is 9.59 Å². The maximum atomic E-state index is 13.2. The molecule has 1 heterocycles. The topological polar surface area (TPSA) is 135 Å². The van der Waals surface area contributed by atoms with Crippen LogP contribution in [0.3, 0.4) is 0 Å². The van der Waals surface area contributed by atoms with Crippen LogP contribution in [0.1, 0.15) is 61.4 Å². The molecule has 1 aliphatic carbocycles. The molecule has 1 fully saturated rings. The van der Waals surface area contributed by atoms with E-state index < -0.39 is 33.8 Å². The summed E-state index contributed by atoms with van der Waals surface area (Å²) in [6, 6.07) is 11.4. The maximum Gasteiger partial charge on any atom is 0.251 e. The zero-order chi connectivity index (χ0) is 27.0. The number of sulfone groups is 1. The maximum absolute atomic E-state index is 13.2. The van der Waals surface area contributed by atoms with Crippen molar-refractivity contribution < 1.29 is 27.9 Å². The minimum atomic E-state index is -3.69. The van der Waals surface area contributed by atoms with Gasteiger partial charge in [0.25, 0.3) is 5.91 Å². The lowest BCUT2D eigenvalue weighted by Gasteiger charge is -2.28. The van der Waals surface area contributed by atoms with Crippen LogP contribution in [0.5, 0.6) is 5.88 Å². The molecule has 10 heteroatoms. The van der Waals surface area contributed by atoms with Crippen LogP contribution in [0.15, 0.2) is 47.5 Å². The van der Waals surface area contributed by atoms with Crippen molar-refractivity contribution in [2.45, 2.75) is 75.1 Å². The summed E-state index contributed by atoms with van der Waals surface area (Å²) in [7, 11) is -2.36. The number of hydrogen-bond donors (Lipinski definition) is 3. The summed E-state index contributed by atoms with van der Waals surface area (Å²) in [5.74, 6) is -1.15. The van der Waals surface area contributed by atoms with E-state index >= 15 is 0 Å². The van der Waals surface area contributed by atoms with Gasteiger partial charge in [0, 0.05) is 29.8 Å². The smallest absolute Gasteiger partial charge is 0.251 e. The second-order valence-electron chi connectivity index (χ2n) is 9.83. The fourth-order valence-corrected chi connectivity index (χ4v) is 5.13. The lowest BCUT2D eigenvalue weighted by atomic mass is 9.92. The van der Waals surface area contributed by atoms with Gasteiger partial charge in [0.15, 0.2) is 14.9 Å². The summed E-state index contributed by atoms with van der Waals surface area (Å²) in [4.78, 5) is 29.9. The fourth-order valence-electron chi connectivity index (χ4n) is 4.53. The van der Waals surface area contributed by atoms with Crippen molar-refractivity contribution in [2.75, 3.05) is 13.4 Å². The number of hydrogen-bond acceptors (Lipinski definition) is 7. The first kappa shape index (κ1) is 28.6. The highest BCUT2D eigenvalue weighted by Gasteiger charge is 2.28. The average molecular weight is 532 g/mol. The van der Waals surface area contributed by atoms with Crippen LogP contribution >= 0.6 is 0 Å². The lowest BCUT2D eigenvalue weighted by molar-refractivity contribution is -0.126. The normalized spacial score (nSPS) is 16.9. The average Bonchev–Trinajstić information content (AvgIpc) is 2.88. The van der Waals surface area contributed by atoms with Crippen LogP contribution in [0.25, 0.3) is 0 Å². The van der Waals surface area contributed by atoms with Gasteiger partial charge in [-0.25, -0.2) is 13.4 Å². The molecule has 9 nitrogen and oxygen atoms in total. The molecule has 37 heavy (non-hydrogen) atoms. The first-order valence-electron chi connectivity index (χ1n) is 12.7. The molecule has 0 unspecified atom stereocenters. The van der Waals surface area contributed by atoms with Crippen molar-refractivity contribution in [3.63, 3.8) is 0 Å². The number of nitrogens with one attached hydrogen (secondary N) is 2. The molecule has 3 N–H and O–H groups in total. The Morgan fingerprint density at radius 3 is 2.43 bits per heavy atom. The first-order valence-corrected chi connectivity index (χ1v) is 14.6. The second-order valence-corrected chi connectivity index (χ2v) is 11.8. The van der Waals surface area contributed by atoms with E-state index in [9.17, 15) is 23.1 Å². The van der Waals surface area contributed by atoms with Crippen LogP contribution in [0, 0.1) is 5.92 Å². The van der Waals surface area contributed by atoms with Gasteiger partial charge in [-0.2, -0.15) is 0 Å². The molecule has 1 aromatic heterocycles. The van der Waals surface area contributed by atoms with Crippen molar-refractivity contribution in [1.82, 2.24) is 15.6 Å². The number of carbonyl (C=O) groups excluding carboxylic acids is 2. The molecular weight excluding hydrogens is 494 g/mol. The van der Waals surface area contributed by atoms with Gasteiger partial charge in [-0.1, -0.05) is 56.5 Å². The molecule has 0 aliphatic heterocycles. The van der Waals surface area contributed by atoms with Gasteiger partial charge < -0.3 is 20.5 Å². The molecule has 202 valence electrons. The minimum absolute atomic E-state index is 0.0127. The Kier molecular flexibility index (Phi) is 10.0. The van der Waals surface area contributed by atoms with Gasteiger partial charge in [0.1, 0.15) is 0 Å². The number of benzene rings is 1. The SMILES string of the molecule is COc1cc(C(=O)N[C@@H](Cc2ccccc2)[C@@H](O)C[C@@H](C)C(=O)NC2CCCCC2)cc(S(C)(=O)=O)n1. The first-order chi connectivity index (χ1) is 17.6. The van der Waals surface area contributed by atoms with Gasteiger partial charge in [-0.05, 0) is 37.3 Å². The van der Waals surface area contributed by atoms with E-state index in [4.69, 9.17) is 4.74 Å². The summed E-state index contributed by atoms with van der Waals surface area (Å²) >= 11 is 0. The number of aliphatic hydroxyl groups excluding tert-OH is 1. The van der Waals surface area contributed by atoms with Crippen LogP contribution < -0.4 is 15.4 Å². The highest BCUT2D eigenvalue weighted by molar-refractivity contribution is 7.90. The number of ether oxygens (including phenoxy) is 1. The van der Waals surface area contributed by atoms with Gasteiger partial charge in [0.05, 0.1) is 19.3 Å². The Labute approximate surface area is 218 Å². The monoisotopic (exact) mass is 531 g/mol. The van der Waals surface area contributed by atoms with Gasteiger partial charge >= 0.3 is 0 Å². The number of amides is 2. The number of rotatable bonds is 11. The van der Waals surface area contributed by atoms with Crippen LogP contribution in [0.4, 0.5) is 0 Å². The van der Waals surface area contributed by atoms with E-state index in [-0.39, 0.29) is 34.8 Å². The van der Waals surface area contributed by atoms with Crippen LogP contribution in [0.2, 0.25) is 0 Å². The molecule has 1 saturated carbocycles. The predicted molar refractivity (Wildman–Crippen MR) is 140 cm³/mol. The van der Waals surface area contributed by atoms with Crippen LogP contribution in [-0.2, 0) is 21.1 Å². The third-order valence-corrected chi connectivity index (χ3v) is 7.67. The molecule has 3 rings (SSSR count). The fraction of sp³-hybridized carbons (Fsp3) is 0.519. The zero-order valence-electron chi connectivity index (χ0n) is 21.6. The summed E-state index contributed by atoms with van der Waals surface area (Å²) < 4.78 is 29.2. The lowest BCUT2D eigenvalue weighted by Crippen LogP contribution is -2.47. The molecule has 2 amide bonds. The van der Waals surface area contributed by atoms with E-state index in [0.29, 0.717) is 6.42 Å². The number of aliphatic hydroxyl groups is 1. The molecule has 2 aromatic rings. The Bertz CT molecular complexity index is 1170. The van der Waals surface area contributed by atoms with Crippen LogP contribution in [-0.4, -0.2) is 61.9 Å². The molecule has 0 bridgehead atoms. The van der Waals surface area contributed by atoms with Crippen molar-refractivity contribution in [2.24, 2.45) is 5.92 Å².